The molecule has 0 amide bonds. The van der Waals surface area contributed by atoms with Gasteiger partial charge >= 0.3 is 0 Å². The van der Waals surface area contributed by atoms with E-state index >= 15 is 0 Å². The molecule has 0 nitrogen and oxygen atoms in total. The van der Waals surface area contributed by atoms with Crippen LogP contribution in [0.3, 0.4) is 0 Å². The first-order valence-corrected chi connectivity index (χ1v) is 9.19. The van der Waals surface area contributed by atoms with Gasteiger partial charge in [0.15, 0.2) is 0 Å². The number of hydrogen-bond donors (Lipinski definition) is 0. The second-order valence-corrected chi connectivity index (χ2v) is 6.55. The van der Waals surface area contributed by atoms with E-state index in [1.165, 1.54) is 24.0 Å². The minimum absolute atomic E-state index is 0.168. The molecule has 0 aliphatic carbocycles. The van der Waals surface area contributed by atoms with Crippen molar-refractivity contribution in [1.82, 2.24) is 0 Å². The van der Waals surface area contributed by atoms with Gasteiger partial charge in [-0.05, 0) is 53.1 Å². The summed E-state index contributed by atoms with van der Waals surface area (Å²) in [4.78, 5) is 0. The van der Waals surface area contributed by atoms with Crippen molar-refractivity contribution in [2.75, 3.05) is 0 Å². The van der Waals surface area contributed by atoms with Crippen molar-refractivity contribution in [2.24, 2.45) is 0 Å². The molecule has 0 aromatic heterocycles. The highest BCUT2D eigenvalue weighted by atomic mass is 19.1. The molecule has 0 fully saturated rings. The predicted molar refractivity (Wildman–Crippen MR) is 105 cm³/mol. The van der Waals surface area contributed by atoms with E-state index in [2.05, 4.69) is 50.2 Å². The fourth-order valence-electron chi connectivity index (χ4n) is 3.09. The molecule has 3 aromatic rings. The summed E-state index contributed by atoms with van der Waals surface area (Å²) in [5.74, 6) is -0.168. The summed E-state index contributed by atoms with van der Waals surface area (Å²) in [6, 6.07) is 22.2. The molecule has 0 heterocycles. The minimum Gasteiger partial charge on any atom is -0.206 e. The third-order valence-electron chi connectivity index (χ3n) is 4.75. The Morgan fingerprint density at radius 2 is 1.28 bits per heavy atom. The van der Waals surface area contributed by atoms with E-state index in [1.54, 1.807) is 6.07 Å². The lowest BCUT2D eigenvalue weighted by atomic mass is 9.97. The molecular formula is C24H25F. The summed E-state index contributed by atoms with van der Waals surface area (Å²) in [6.07, 6.45) is 4.49. The number of halogens is 1. The average Bonchev–Trinajstić information content (AvgIpc) is 2.67. The van der Waals surface area contributed by atoms with Gasteiger partial charge in [-0.3, -0.25) is 0 Å². The first-order valence-electron chi connectivity index (χ1n) is 9.19. The van der Waals surface area contributed by atoms with Crippen LogP contribution in [-0.2, 0) is 12.8 Å². The van der Waals surface area contributed by atoms with Crippen molar-refractivity contribution in [3.8, 4) is 22.3 Å². The van der Waals surface area contributed by atoms with Crippen LogP contribution in [0.2, 0.25) is 0 Å². The second kappa shape index (κ2) is 8.11. The van der Waals surface area contributed by atoms with Crippen molar-refractivity contribution in [3.63, 3.8) is 0 Å². The molecule has 0 aliphatic heterocycles. The highest BCUT2D eigenvalue weighted by Crippen LogP contribution is 2.28. The van der Waals surface area contributed by atoms with Crippen LogP contribution in [0, 0.1) is 5.82 Å². The molecule has 0 saturated heterocycles. The van der Waals surface area contributed by atoms with E-state index in [0.29, 0.717) is 5.56 Å². The SMILES string of the molecule is CCCCc1ccc(-c2ccc(-c3ccc(CC)cc3)cc2F)cc1. The molecular weight excluding hydrogens is 307 g/mol. The summed E-state index contributed by atoms with van der Waals surface area (Å²) in [6.45, 7) is 4.33. The summed E-state index contributed by atoms with van der Waals surface area (Å²) in [5.41, 5.74) is 6.19. The molecule has 128 valence electrons. The van der Waals surface area contributed by atoms with Crippen molar-refractivity contribution < 1.29 is 4.39 Å². The topological polar surface area (TPSA) is 0 Å². The Hall–Kier alpha value is -2.41. The van der Waals surface area contributed by atoms with Crippen LogP contribution in [0.25, 0.3) is 22.3 Å². The summed E-state index contributed by atoms with van der Waals surface area (Å²) in [5, 5.41) is 0. The zero-order valence-electron chi connectivity index (χ0n) is 15.1. The fourth-order valence-corrected chi connectivity index (χ4v) is 3.09. The lowest BCUT2D eigenvalue weighted by molar-refractivity contribution is 0.632. The van der Waals surface area contributed by atoms with Crippen LogP contribution in [0.1, 0.15) is 37.8 Å². The molecule has 0 bridgehead atoms. The quantitative estimate of drug-likeness (QED) is 0.453. The Bertz CT molecular complexity index is 814. The van der Waals surface area contributed by atoms with Gasteiger partial charge in [-0.1, -0.05) is 80.9 Å². The maximum Gasteiger partial charge on any atom is 0.131 e. The van der Waals surface area contributed by atoms with Crippen molar-refractivity contribution >= 4 is 0 Å². The average molecular weight is 332 g/mol. The van der Waals surface area contributed by atoms with Gasteiger partial charge in [0.25, 0.3) is 0 Å². The number of unbranched alkanes of at least 4 members (excludes halogenated alkanes) is 1. The summed E-state index contributed by atoms with van der Waals surface area (Å²) < 4.78 is 14.7. The Morgan fingerprint density at radius 3 is 1.88 bits per heavy atom. The van der Waals surface area contributed by atoms with E-state index < -0.39 is 0 Å². The number of hydrogen-bond acceptors (Lipinski definition) is 0. The van der Waals surface area contributed by atoms with E-state index in [-0.39, 0.29) is 5.82 Å². The van der Waals surface area contributed by atoms with Gasteiger partial charge in [-0.25, -0.2) is 4.39 Å². The lowest BCUT2D eigenvalue weighted by Gasteiger charge is -2.09. The molecule has 0 spiro atoms. The van der Waals surface area contributed by atoms with E-state index in [9.17, 15) is 4.39 Å². The Balaban J connectivity index is 1.83. The van der Waals surface area contributed by atoms with Gasteiger partial charge in [-0.2, -0.15) is 0 Å². The third kappa shape index (κ3) is 4.17. The molecule has 0 radical (unpaired) electrons. The van der Waals surface area contributed by atoms with Crippen molar-refractivity contribution in [3.05, 3.63) is 83.7 Å². The Kier molecular flexibility index (Phi) is 5.65. The molecule has 0 unspecified atom stereocenters. The van der Waals surface area contributed by atoms with Crippen LogP contribution in [0.15, 0.2) is 66.7 Å². The smallest absolute Gasteiger partial charge is 0.131 e. The van der Waals surface area contributed by atoms with Crippen molar-refractivity contribution in [2.45, 2.75) is 39.5 Å². The normalized spacial score (nSPS) is 10.8. The summed E-state index contributed by atoms with van der Waals surface area (Å²) in [7, 11) is 0. The lowest BCUT2D eigenvalue weighted by Crippen LogP contribution is -1.89. The molecule has 3 aromatic carbocycles. The first-order chi connectivity index (χ1) is 12.2. The van der Waals surface area contributed by atoms with E-state index in [4.69, 9.17) is 0 Å². The first kappa shape index (κ1) is 17.4. The van der Waals surface area contributed by atoms with Crippen LogP contribution in [0.5, 0.6) is 0 Å². The highest BCUT2D eigenvalue weighted by Gasteiger charge is 2.08. The molecule has 25 heavy (non-hydrogen) atoms. The molecule has 0 N–H and O–H groups in total. The number of rotatable bonds is 6. The van der Waals surface area contributed by atoms with E-state index in [0.717, 1.165) is 29.5 Å². The third-order valence-corrected chi connectivity index (χ3v) is 4.75. The molecule has 1 heteroatoms. The maximum absolute atomic E-state index is 14.7. The van der Waals surface area contributed by atoms with Crippen LogP contribution in [-0.4, -0.2) is 0 Å². The molecule has 0 atom stereocenters. The van der Waals surface area contributed by atoms with Crippen LogP contribution in [0.4, 0.5) is 4.39 Å². The monoisotopic (exact) mass is 332 g/mol. The summed E-state index contributed by atoms with van der Waals surface area (Å²) >= 11 is 0. The van der Waals surface area contributed by atoms with Crippen LogP contribution < -0.4 is 0 Å². The van der Waals surface area contributed by atoms with Crippen molar-refractivity contribution in [1.29, 1.82) is 0 Å². The van der Waals surface area contributed by atoms with Gasteiger partial charge in [0.05, 0.1) is 0 Å². The van der Waals surface area contributed by atoms with Gasteiger partial charge < -0.3 is 0 Å². The van der Waals surface area contributed by atoms with Crippen LogP contribution >= 0.6 is 0 Å². The zero-order chi connectivity index (χ0) is 17.6. The van der Waals surface area contributed by atoms with Gasteiger partial charge in [0, 0.05) is 5.56 Å². The predicted octanol–water partition coefficient (Wildman–Crippen LogP) is 7.06. The van der Waals surface area contributed by atoms with Gasteiger partial charge in [-0.15, -0.1) is 0 Å². The second-order valence-electron chi connectivity index (χ2n) is 6.55. The highest BCUT2D eigenvalue weighted by molar-refractivity contribution is 5.71. The zero-order valence-corrected chi connectivity index (χ0v) is 15.1. The van der Waals surface area contributed by atoms with E-state index in [1.807, 2.05) is 24.3 Å². The molecule has 0 saturated carbocycles. The van der Waals surface area contributed by atoms with Gasteiger partial charge in [0.2, 0.25) is 0 Å². The Labute approximate surface area is 150 Å². The maximum atomic E-state index is 14.7. The number of aryl methyl sites for hydroxylation is 2. The largest absolute Gasteiger partial charge is 0.206 e. The molecule has 3 rings (SSSR count). The van der Waals surface area contributed by atoms with Gasteiger partial charge in [0.1, 0.15) is 5.82 Å². The fraction of sp³-hybridized carbons (Fsp3) is 0.250. The molecule has 0 aliphatic rings. The minimum atomic E-state index is -0.168. The number of benzene rings is 3. The standard InChI is InChI=1S/C24H25F/c1-3-5-6-19-9-13-21(14-10-19)23-16-15-22(17-24(23)25)20-11-7-18(4-2)8-12-20/h7-17H,3-6H2,1-2H3. The Morgan fingerprint density at radius 1 is 0.680 bits per heavy atom.